The average molecular weight is 88.1 g/mol. The first kappa shape index (κ1) is 10.1. The molecule has 0 aromatic rings. The van der Waals surface area contributed by atoms with Crippen molar-refractivity contribution in [1.82, 2.24) is 0 Å². The molecule has 7 heavy (non-hydrogen) atoms. The Morgan fingerprint density at radius 3 is 1.57 bits per heavy atom. The first-order valence-corrected chi connectivity index (χ1v) is 1.89. The second-order valence-electron chi connectivity index (χ2n) is 1.46. The van der Waals surface area contributed by atoms with Gasteiger partial charge in [0.2, 0.25) is 0 Å². The maximum absolute atomic E-state index is 5.25. The minimum Gasteiger partial charge on any atom is -0.290 e. The van der Waals surface area contributed by atoms with Gasteiger partial charge in [-0.1, -0.05) is 6.92 Å². The third-order valence-electron chi connectivity index (χ3n) is 0.673. The quantitative estimate of drug-likeness (QED) is 0.218. The van der Waals surface area contributed by atoms with Gasteiger partial charge < -0.3 is 0 Å². The molecule has 0 aliphatic heterocycles. The molecule has 0 aliphatic carbocycles. The predicted octanol–water partition coefficient (Wildman–Crippen LogP) is -1.05. The van der Waals surface area contributed by atoms with E-state index >= 15 is 0 Å². The first-order chi connectivity index (χ1) is 2.64. The van der Waals surface area contributed by atoms with Crippen molar-refractivity contribution in [1.29, 1.82) is 0 Å². The second-order valence-corrected chi connectivity index (χ2v) is 1.46. The maximum atomic E-state index is 5.25. The van der Waals surface area contributed by atoms with Crippen LogP contribution >= 0.6 is 0 Å². The molecule has 0 nitrogen and oxygen atoms in total. The Hall–Kier alpha value is 0.0774. The van der Waals surface area contributed by atoms with E-state index in [1.165, 1.54) is 0 Å². The average Bonchev–Trinajstić information content (AvgIpc) is 1.36. The van der Waals surface area contributed by atoms with Crippen LogP contribution in [0.3, 0.4) is 0 Å². The van der Waals surface area contributed by atoms with Crippen molar-refractivity contribution in [3.63, 3.8) is 0 Å². The summed E-state index contributed by atoms with van der Waals surface area (Å²) in [4.78, 5) is 0. The largest absolute Gasteiger partial charge is 1.00 e. The van der Waals surface area contributed by atoms with Gasteiger partial charge in [0.1, 0.15) is 0 Å². The van der Waals surface area contributed by atoms with Gasteiger partial charge in [-0.2, -0.15) is 6.58 Å². The van der Waals surface area contributed by atoms with Crippen molar-refractivity contribution in [3.05, 3.63) is 24.3 Å². The molecule has 0 aromatic heterocycles. The molecule has 0 saturated heterocycles. The van der Waals surface area contributed by atoms with Crippen LogP contribution in [0.15, 0.2) is 17.7 Å². The second kappa shape index (κ2) is 4.24. The third-order valence-corrected chi connectivity index (χ3v) is 0.673. The minimum absolute atomic E-state index is 0. The van der Waals surface area contributed by atoms with Crippen LogP contribution in [0.25, 0.3) is 0 Å². The molecule has 0 amide bonds. The Balaban J connectivity index is 0. The van der Waals surface area contributed by atoms with Crippen molar-refractivity contribution in [2.45, 2.75) is 13.8 Å². The fourth-order valence-electron chi connectivity index (χ4n) is 0. The first-order valence-electron chi connectivity index (χ1n) is 1.89. The van der Waals surface area contributed by atoms with Crippen molar-refractivity contribution in [2.24, 2.45) is 0 Å². The maximum Gasteiger partial charge on any atom is 1.00 e. The van der Waals surface area contributed by atoms with E-state index in [4.69, 9.17) is 6.58 Å². The smallest absolute Gasteiger partial charge is 0.290 e. The van der Waals surface area contributed by atoms with E-state index in [1.807, 2.05) is 13.8 Å². The number of hydrogen-bond acceptors (Lipinski definition) is 0. The van der Waals surface area contributed by atoms with Crippen LogP contribution in [-0.4, -0.2) is 0 Å². The Bertz CT molecular complexity index is 70.2. The van der Waals surface area contributed by atoms with E-state index in [1.54, 1.807) is 0 Å². The molecular formula is C6H9Li. The standard InChI is InChI=1S/C6H9.Li/c1-5(2)6(3)4;/h1H,3H2,2,4H3;/q-1;+1. The molecule has 1 heteroatoms. The van der Waals surface area contributed by atoms with E-state index in [-0.39, 0.29) is 18.9 Å². The summed E-state index contributed by atoms with van der Waals surface area (Å²) in [6, 6.07) is 0. The molecule has 0 aromatic carbocycles. The van der Waals surface area contributed by atoms with Crippen LogP contribution in [0.4, 0.5) is 0 Å². The summed E-state index contributed by atoms with van der Waals surface area (Å²) in [5, 5.41) is 0. The molecule has 0 atom stereocenters. The molecule has 0 heterocycles. The summed E-state index contributed by atoms with van der Waals surface area (Å²) in [7, 11) is 0. The molecule has 0 aliphatic rings. The van der Waals surface area contributed by atoms with Crippen molar-refractivity contribution in [2.75, 3.05) is 0 Å². The number of hydrogen-bond donors (Lipinski definition) is 0. The van der Waals surface area contributed by atoms with Gasteiger partial charge in [0.25, 0.3) is 0 Å². The van der Waals surface area contributed by atoms with E-state index in [2.05, 4.69) is 6.58 Å². The monoisotopic (exact) mass is 88.1 g/mol. The van der Waals surface area contributed by atoms with Crippen molar-refractivity contribution < 1.29 is 18.9 Å². The zero-order valence-electron chi connectivity index (χ0n) is 5.28. The topological polar surface area (TPSA) is 0 Å². The summed E-state index contributed by atoms with van der Waals surface area (Å²) < 4.78 is 0. The summed E-state index contributed by atoms with van der Waals surface area (Å²) in [6.07, 6.45) is 0. The summed E-state index contributed by atoms with van der Waals surface area (Å²) >= 11 is 0. The van der Waals surface area contributed by atoms with E-state index in [0.717, 1.165) is 11.1 Å². The van der Waals surface area contributed by atoms with Gasteiger partial charge in [0.15, 0.2) is 0 Å². The Kier molecular flexibility index (Phi) is 6.14. The molecule has 0 spiro atoms. The third kappa shape index (κ3) is 6.08. The van der Waals surface area contributed by atoms with Crippen LogP contribution in [0.2, 0.25) is 0 Å². The van der Waals surface area contributed by atoms with Crippen LogP contribution in [0, 0.1) is 6.58 Å². The number of allylic oxidation sites excluding steroid dienone is 2. The van der Waals surface area contributed by atoms with Crippen LogP contribution in [-0.2, 0) is 0 Å². The molecule has 34 valence electrons. The fourth-order valence-corrected chi connectivity index (χ4v) is 0. The van der Waals surface area contributed by atoms with Gasteiger partial charge in [0.05, 0.1) is 0 Å². The predicted molar refractivity (Wildman–Crippen MR) is 28.3 cm³/mol. The Morgan fingerprint density at radius 2 is 1.57 bits per heavy atom. The van der Waals surface area contributed by atoms with E-state index in [9.17, 15) is 0 Å². The number of rotatable bonds is 1. The van der Waals surface area contributed by atoms with Gasteiger partial charge in [0, 0.05) is 0 Å². The molecule has 0 radical (unpaired) electrons. The molecule has 0 rings (SSSR count). The molecule has 0 fully saturated rings. The molecule has 0 bridgehead atoms. The summed E-state index contributed by atoms with van der Waals surface area (Å²) in [5.74, 6) is 0. The van der Waals surface area contributed by atoms with Crippen molar-refractivity contribution in [3.8, 4) is 0 Å². The van der Waals surface area contributed by atoms with Gasteiger partial charge in [-0.3, -0.25) is 6.58 Å². The van der Waals surface area contributed by atoms with Crippen LogP contribution < -0.4 is 18.9 Å². The SMILES string of the molecule is [CH-]=C(C)C(=C)C.[Li+]. The Labute approximate surface area is 57.5 Å². The van der Waals surface area contributed by atoms with Gasteiger partial charge >= 0.3 is 18.9 Å². The molecule has 0 N–H and O–H groups in total. The fraction of sp³-hybridized carbons (Fsp3) is 0.333. The van der Waals surface area contributed by atoms with Crippen LogP contribution in [0.5, 0.6) is 0 Å². The summed E-state index contributed by atoms with van der Waals surface area (Å²) in [6.45, 7) is 12.6. The van der Waals surface area contributed by atoms with Gasteiger partial charge in [-0.25, -0.2) is 11.1 Å². The van der Waals surface area contributed by atoms with E-state index < -0.39 is 0 Å². The zero-order valence-corrected chi connectivity index (χ0v) is 5.28. The van der Waals surface area contributed by atoms with Gasteiger partial charge in [-0.05, 0) is 0 Å². The summed E-state index contributed by atoms with van der Waals surface area (Å²) in [5.41, 5.74) is 1.77. The van der Waals surface area contributed by atoms with Crippen LogP contribution in [0.1, 0.15) is 13.8 Å². The minimum atomic E-state index is 0. The van der Waals surface area contributed by atoms with Crippen molar-refractivity contribution >= 4 is 0 Å². The molecule has 0 saturated carbocycles. The van der Waals surface area contributed by atoms with E-state index in [0.29, 0.717) is 0 Å². The normalized spacial score (nSPS) is 6.57. The Morgan fingerprint density at radius 1 is 1.43 bits per heavy atom. The molecular weight excluding hydrogens is 79.0 g/mol. The zero-order chi connectivity index (χ0) is 5.15. The molecule has 0 unspecified atom stereocenters. The van der Waals surface area contributed by atoms with Gasteiger partial charge in [-0.15, -0.1) is 6.92 Å².